The first-order chi connectivity index (χ1) is 14.5. The van der Waals surface area contributed by atoms with Gasteiger partial charge in [-0.05, 0) is 42.8 Å². The van der Waals surface area contributed by atoms with Crippen molar-refractivity contribution in [3.63, 3.8) is 0 Å². The van der Waals surface area contributed by atoms with Gasteiger partial charge in [0.15, 0.2) is 5.78 Å². The van der Waals surface area contributed by atoms with Crippen LogP contribution in [0.3, 0.4) is 0 Å². The lowest BCUT2D eigenvalue weighted by molar-refractivity contribution is 0.104. The third-order valence-electron chi connectivity index (χ3n) is 4.30. The molecule has 0 aliphatic rings. The number of allylic oxidation sites excluding steroid dienone is 1. The van der Waals surface area contributed by atoms with Crippen LogP contribution in [0.15, 0.2) is 88.4 Å². The number of ketones is 1. The number of hydrogen-bond acceptors (Lipinski definition) is 5. The highest BCUT2D eigenvalue weighted by Gasteiger charge is 2.35. The minimum absolute atomic E-state index is 0.0881. The van der Waals surface area contributed by atoms with Gasteiger partial charge in [0.1, 0.15) is 4.65 Å². The molecule has 156 valence electrons. The maximum atomic E-state index is 13.4. The molecule has 0 aliphatic heterocycles. The molecular formula is C23H23O5PS. The predicted octanol–water partition coefficient (Wildman–Crippen LogP) is 5.94. The second kappa shape index (κ2) is 10.1. The van der Waals surface area contributed by atoms with Crippen molar-refractivity contribution < 1.29 is 22.6 Å². The summed E-state index contributed by atoms with van der Waals surface area (Å²) in [7, 11) is -5.82. The molecule has 0 heterocycles. The van der Waals surface area contributed by atoms with Crippen LogP contribution in [0.5, 0.6) is 0 Å². The number of rotatable bonds is 9. The van der Waals surface area contributed by atoms with E-state index in [2.05, 4.69) is 0 Å². The van der Waals surface area contributed by atoms with Crippen molar-refractivity contribution in [3.8, 4) is 0 Å². The average molecular weight is 442 g/mol. The van der Waals surface area contributed by atoms with Gasteiger partial charge in [-0.3, -0.25) is 9.36 Å². The second-order valence-corrected chi connectivity index (χ2v) is 10.1. The Morgan fingerprint density at radius 3 is 2.13 bits per heavy atom. The molecule has 3 aromatic rings. The molecule has 0 N–H and O–H groups in total. The van der Waals surface area contributed by atoms with Crippen LogP contribution in [-0.4, -0.2) is 23.2 Å². The molecule has 0 saturated carbocycles. The monoisotopic (exact) mass is 442 g/mol. The van der Waals surface area contributed by atoms with E-state index in [1.165, 1.54) is 0 Å². The summed E-state index contributed by atoms with van der Waals surface area (Å²) < 4.78 is 37.4. The zero-order valence-corrected chi connectivity index (χ0v) is 18.5. The Labute approximate surface area is 178 Å². The number of carbonyl (C=O) groups is 1. The van der Waals surface area contributed by atoms with Crippen molar-refractivity contribution in [2.75, 3.05) is 13.2 Å². The van der Waals surface area contributed by atoms with E-state index in [9.17, 15) is 13.6 Å². The van der Waals surface area contributed by atoms with Crippen LogP contribution < -0.4 is 0 Å². The number of benzene rings is 3. The van der Waals surface area contributed by atoms with Gasteiger partial charge in [0, 0.05) is 16.5 Å². The summed E-state index contributed by atoms with van der Waals surface area (Å²) in [5, 5.41) is 1.90. The fourth-order valence-electron chi connectivity index (χ4n) is 2.94. The molecule has 0 amide bonds. The van der Waals surface area contributed by atoms with E-state index in [-0.39, 0.29) is 17.9 Å². The summed E-state index contributed by atoms with van der Waals surface area (Å²) >= 11 is 0. The fourth-order valence-corrected chi connectivity index (χ4v) is 6.53. The lowest BCUT2D eigenvalue weighted by Gasteiger charge is -2.19. The Kier molecular flexibility index (Phi) is 7.51. The normalized spacial score (nSPS) is 13.3. The summed E-state index contributed by atoms with van der Waals surface area (Å²) in [4.78, 5) is 13.5. The summed E-state index contributed by atoms with van der Waals surface area (Å²) in [6, 6.07) is 21.5. The lowest BCUT2D eigenvalue weighted by Crippen LogP contribution is -2.07. The Balaban J connectivity index is 2.09. The summed E-state index contributed by atoms with van der Waals surface area (Å²) in [6.45, 7) is 3.51. The summed E-state index contributed by atoms with van der Waals surface area (Å²) in [5.74, 6) is -0.417. The largest absolute Gasteiger partial charge is 0.370 e. The number of fused-ring (bicyclic) bond motifs is 1. The van der Waals surface area contributed by atoms with E-state index in [0.717, 1.165) is 16.8 Å². The fraction of sp³-hybridized carbons (Fsp3) is 0.174. The van der Waals surface area contributed by atoms with Crippen LogP contribution in [-0.2, 0) is 24.4 Å². The standard InChI is InChI=1S/C23H23O5PS/c1-3-27-29(25,28-4-2)23(30(26)21-12-6-5-7-13-21)17-22(24)20-15-14-18-10-8-9-11-19(18)16-20/h5-17H,3-4H2,1-2H3/b23-17+. The second-order valence-electron chi connectivity index (χ2n) is 6.32. The van der Waals surface area contributed by atoms with Crippen molar-refractivity contribution in [1.29, 1.82) is 0 Å². The molecule has 0 bridgehead atoms. The van der Waals surface area contributed by atoms with Crippen molar-refractivity contribution in [2.24, 2.45) is 0 Å². The van der Waals surface area contributed by atoms with Crippen LogP contribution in [0, 0.1) is 0 Å². The maximum absolute atomic E-state index is 13.4. The van der Waals surface area contributed by atoms with Crippen LogP contribution in [0.2, 0.25) is 0 Å². The molecule has 5 nitrogen and oxygen atoms in total. The molecule has 1 atom stereocenters. The zero-order chi connectivity index (χ0) is 21.6. The minimum atomic E-state index is -3.93. The van der Waals surface area contributed by atoms with Gasteiger partial charge in [0.2, 0.25) is 0 Å². The first kappa shape index (κ1) is 22.3. The van der Waals surface area contributed by atoms with Crippen molar-refractivity contribution in [1.82, 2.24) is 0 Å². The smallest absolute Gasteiger partial charge is 0.305 e. The molecule has 1 unspecified atom stereocenters. The molecule has 0 saturated heterocycles. The van der Waals surface area contributed by atoms with E-state index >= 15 is 0 Å². The van der Waals surface area contributed by atoms with E-state index in [1.807, 2.05) is 30.3 Å². The summed E-state index contributed by atoms with van der Waals surface area (Å²) in [6.07, 6.45) is 1.14. The van der Waals surface area contributed by atoms with Gasteiger partial charge in [-0.2, -0.15) is 0 Å². The van der Waals surface area contributed by atoms with Crippen LogP contribution in [0.4, 0.5) is 0 Å². The van der Waals surface area contributed by atoms with E-state index in [1.54, 1.807) is 56.3 Å². The molecule has 30 heavy (non-hydrogen) atoms. The molecule has 0 radical (unpaired) electrons. The van der Waals surface area contributed by atoms with E-state index < -0.39 is 24.2 Å². The Morgan fingerprint density at radius 2 is 1.50 bits per heavy atom. The highest BCUT2D eigenvalue weighted by atomic mass is 32.2. The van der Waals surface area contributed by atoms with Crippen molar-refractivity contribution in [2.45, 2.75) is 18.7 Å². The molecular weight excluding hydrogens is 419 g/mol. The van der Waals surface area contributed by atoms with Gasteiger partial charge in [-0.25, -0.2) is 4.21 Å². The first-order valence-electron chi connectivity index (χ1n) is 9.60. The zero-order valence-electron chi connectivity index (χ0n) is 16.8. The van der Waals surface area contributed by atoms with Crippen molar-refractivity contribution in [3.05, 3.63) is 89.1 Å². The maximum Gasteiger partial charge on any atom is 0.370 e. The third kappa shape index (κ3) is 5.02. The van der Waals surface area contributed by atoms with Crippen LogP contribution in [0.25, 0.3) is 10.8 Å². The Morgan fingerprint density at radius 1 is 0.900 bits per heavy atom. The molecule has 3 aromatic carbocycles. The van der Waals surface area contributed by atoms with Gasteiger partial charge < -0.3 is 9.05 Å². The van der Waals surface area contributed by atoms with Crippen LogP contribution in [0.1, 0.15) is 24.2 Å². The van der Waals surface area contributed by atoms with Crippen molar-refractivity contribution >= 4 is 35.0 Å². The highest BCUT2D eigenvalue weighted by molar-refractivity contribution is 7.98. The third-order valence-corrected chi connectivity index (χ3v) is 8.54. The Hall–Kier alpha value is -2.37. The Bertz CT molecular complexity index is 1130. The molecule has 0 spiro atoms. The molecule has 0 aromatic heterocycles. The summed E-state index contributed by atoms with van der Waals surface area (Å²) in [5.41, 5.74) is 0.399. The molecule has 0 fully saturated rings. The van der Waals surface area contributed by atoms with Gasteiger partial charge in [-0.1, -0.05) is 54.6 Å². The van der Waals surface area contributed by atoms with Gasteiger partial charge >= 0.3 is 7.60 Å². The van der Waals surface area contributed by atoms with Gasteiger partial charge in [0.05, 0.1) is 24.0 Å². The lowest BCUT2D eigenvalue weighted by atomic mass is 10.0. The number of hydrogen-bond donors (Lipinski definition) is 0. The van der Waals surface area contributed by atoms with Gasteiger partial charge in [-0.15, -0.1) is 0 Å². The molecule has 3 rings (SSSR count). The predicted molar refractivity (Wildman–Crippen MR) is 120 cm³/mol. The molecule has 7 heteroatoms. The minimum Gasteiger partial charge on any atom is -0.305 e. The van der Waals surface area contributed by atoms with E-state index in [4.69, 9.17) is 9.05 Å². The van der Waals surface area contributed by atoms with Gasteiger partial charge in [0.25, 0.3) is 0 Å². The number of carbonyl (C=O) groups excluding carboxylic acids is 1. The SMILES string of the molecule is CCOP(=O)(OCC)/C(=C\C(=O)c1ccc2ccccc2c1)S(=O)c1ccccc1. The van der Waals surface area contributed by atoms with Crippen LogP contribution >= 0.6 is 7.60 Å². The van der Waals surface area contributed by atoms with E-state index in [0.29, 0.717) is 10.5 Å². The molecule has 0 aliphatic carbocycles. The first-order valence-corrected chi connectivity index (χ1v) is 12.3. The topological polar surface area (TPSA) is 69.7 Å². The quantitative estimate of drug-likeness (QED) is 0.233. The average Bonchev–Trinajstić information content (AvgIpc) is 2.77. The highest BCUT2D eigenvalue weighted by Crippen LogP contribution is 2.58.